The van der Waals surface area contributed by atoms with E-state index in [0.717, 1.165) is 0 Å². The number of aromatic nitrogens is 3. The van der Waals surface area contributed by atoms with Gasteiger partial charge in [-0.2, -0.15) is 0 Å². The number of amides is 1. The van der Waals surface area contributed by atoms with Gasteiger partial charge in [-0.05, 0) is 12.1 Å². The van der Waals surface area contributed by atoms with Gasteiger partial charge in [0.15, 0.2) is 5.82 Å². The largest absolute Gasteiger partial charge is 0.378 e. The molecule has 23 heavy (non-hydrogen) atoms. The summed E-state index contributed by atoms with van der Waals surface area (Å²) in [4.78, 5) is 13.9. The van der Waals surface area contributed by atoms with Crippen molar-refractivity contribution in [2.45, 2.75) is 5.16 Å². The number of rotatable bonds is 4. The minimum atomic E-state index is -0.373. The molecule has 0 spiro atoms. The van der Waals surface area contributed by atoms with Crippen LogP contribution in [0.15, 0.2) is 29.4 Å². The van der Waals surface area contributed by atoms with E-state index < -0.39 is 0 Å². The van der Waals surface area contributed by atoms with Crippen molar-refractivity contribution < 1.29 is 13.9 Å². The summed E-state index contributed by atoms with van der Waals surface area (Å²) in [7, 11) is 0. The molecule has 2 heterocycles. The van der Waals surface area contributed by atoms with Crippen molar-refractivity contribution in [1.29, 1.82) is 0 Å². The van der Waals surface area contributed by atoms with E-state index in [1.54, 1.807) is 17.0 Å². The van der Waals surface area contributed by atoms with E-state index in [1.165, 1.54) is 28.6 Å². The highest BCUT2D eigenvalue weighted by molar-refractivity contribution is 7.99. The molecular weight excluding hydrogens is 321 g/mol. The number of morpholine rings is 1. The summed E-state index contributed by atoms with van der Waals surface area (Å²) in [6.45, 7) is 2.33. The molecule has 0 unspecified atom stereocenters. The first-order valence-corrected chi connectivity index (χ1v) is 8.08. The van der Waals surface area contributed by atoms with Crippen LogP contribution in [0.2, 0.25) is 0 Å². The van der Waals surface area contributed by atoms with Crippen molar-refractivity contribution in [3.63, 3.8) is 0 Å². The van der Waals surface area contributed by atoms with Crippen LogP contribution in [0.5, 0.6) is 0 Å². The van der Waals surface area contributed by atoms with E-state index in [4.69, 9.17) is 10.6 Å². The van der Waals surface area contributed by atoms with Gasteiger partial charge in [-0.1, -0.05) is 23.9 Å². The van der Waals surface area contributed by atoms with Crippen LogP contribution in [0.1, 0.15) is 0 Å². The molecule has 1 amide bonds. The van der Waals surface area contributed by atoms with E-state index in [1.807, 2.05) is 0 Å². The number of nitrogen functional groups attached to an aromatic ring is 1. The van der Waals surface area contributed by atoms with Crippen molar-refractivity contribution in [3.05, 3.63) is 30.1 Å². The molecule has 2 aromatic rings. The number of nitrogens with two attached hydrogens (primary N) is 1. The SMILES string of the molecule is Nn1c(SCC(=O)N2CCOCC2)nnc1-c1cccc(F)c1. The molecule has 0 saturated carbocycles. The zero-order valence-corrected chi connectivity index (χ0v) is 13.1. The van der Waals surface area contributed by atoms with Gasteiger partial charge >= 0.3 is 0 Å². The van der Waals surface area contributed by atoms with Gasteiger partial charge in [-0.25, -0.2) is 9.07 Å². The Hall–Kier alpha value is -2.13. The van der Waals surface area contributed by atoms with Gasteiger partial charge in [0.2, 0.25) is 11.1 Å². The number of thioether (sulfide) groups is 1. The lowest BCUT2D eigenvalue weighted by molar-refractivity contribution is -0.132. The molecule has 1 fully saturated rings. The normalized spacial score (nSPS) is 14.9. The summed E-state index contributed by atoms with van der Waals surface area (Å²) < 4.78 is 19.8. The fraction of sp³-hybridized carbons (Fsp3) is 0.357. The van der Waals surface area contributed by atoms with E-state index in [-0.39, 0.29) is 17.5 Å². The molecule has 0 bridgehead atoms. The van der Waals surface area contributed by atoms with Crippen LogP contribution in [-0.4, -0.2) is 57.7 Å². The van der Waals surface area contributed by atoms with Gasteiger partial charge in [-0.3, -0.25) is 4.79 Å². The lowest BCUT2D eigenvalue weighted by Gasteiger charge is -2.26. The smallest absolute Gasteiger partial charge is 0.233 e. The number of benzene rings is 1. The number of hydrogen-bond acceptors (Lipinski definition) is 6. The summed E-state index contributed by atoms with van der Waals surface area (Å²) in [6, 6.07) is 5.95. The number of carbonyl (C=O) groups excluding carboxylic acids is 1. The van der Waals surface area contributed by atoms with Crippen LogP contribution in [0, 0.1) is 5.82 Å². The maximum absolute atomic E-state index is 13.3. The van der Waals surface area contributed by atoms with Crippen LogP contribution in [0.4, 0.5) is 4.39 Å². The minimum absolute atomic E-state index is 0.00797. The maximum atomic E-state index is 13.3. The van der Waals surface area contributed by atoms with Crippen molar-refractivity contribution in [3.8, 4) is 11.4 Å². The molecule has 1 aliphatic heterocycles. The first-order chi connectivity index (χ1) is 11.1. The van der Waals surface area contributed by atoms with Crippen molar-refractivity contribution in [2.24, 2.45) is 0 Å². The highest BCUT2D eigenvalue weighted by Gasteiger charge is 2.19. The zero-order valence-electron chi connectivity index (χ0n) is 12.3. The Morgan fingerprint density at radius 3 is 2.87 bits per heavy atom. The number of nitrogens with zero attached hydrogens (tertiary/aromatic N) is 4. The summed E-state index contributed by atoms with van der Waals surface area (Å²) >= 11 is 1.21. The summed E-state index contributed by atoms with van der Waals surface area (Å²) in [6.07, 6.45) is 0. The number of halogens is 1. The first-order valence-electron chi connectivity index (χ1n) is 7.10. The van der Waals surface area contributed by atoms with Gasteiger partial charge < -0.3 is 15.5 Å². The molecule has 9 heteroatoms. The fourth-order valence-corrected chi connectivity index (χ4v) is 2.99. The second kappa shape index (κ2) is 6.97. The molecule has 1 aromatic carbocycles. The molecule has 0 aliphatic carbocycles. The number of hydrogen-bond donors (Lipinski definition) is 1. The fourth-order valence-electron chi connectivity index (χ4n) is 2.23. The van der Waals surface area contributed by atoms with E-state index in [2.05, 4.69) is 10.2 Å². The third kappa shape index (κ3) is 3.62. The van der Waals surface area contributed by atoms with Crippen LogP contribution >= 0.6 is 11.8 Å². The Morgan fingerprint density at radius 2 is 2.13 bits per heavy atom. The summed E-state index contributed by atoms with van der Waals surface area (Å²) in [5, 5.41) is 8.35. The van der Waals surface area contributed by atoms with Crippen LogP contribution in [0.3, 0.4) is 0 Å². The quantitative estimate of drug-likeness (QED) is 0.654. The minimum Gasteiger partial charge on any atom is -0.378 e. The molecule has 7 nitrogen and oxygen atoms in total. The van der Waals surface area contributed by atoms with Gasteiger partial charge in [0, 0.05) is 18.7 Å². The van der Waals surface area contributed by atoms with Crippen molar-refractivity contribution in [1.82, 2.24) is 19.8 Å². The highest BCUT2D eigenvalue weighted by atomic mass is 32.2. The van der Waals surface area contributed by atoms with Crippen LogP contribution in [0.25, 0.3) is 11.4 Å². The van der Waals surface area contributed by atoms with Crippen LogP contribution in [-0.2, 0) is 9.53 Å². The van der Waals surface area contributed by atoms with Gasteiger partial charge in [-0.15, -0.1) is 10.2 Å². The second-order valence-corrected chi connectivity index (χ2v) is 5.91. The van der Waals surface area contributed by atoms with Gasteiger partial charge in [0.05, 0.1) is 19.0 Å². The lowest BCUT2D eigenvalue weighted by atomic mass is 10.2. The van der Waals surface area contributed by atoms with E-state index in [9.17, 15) is 9.18 Å². The average Bonchev–Trinajstić information content (AvgIpc) is 2.94. The van der Waals surface area contributed by atoms with E-state index in [0.29, 0.717) is 42.8 Å². The first kappa shape index (κ1) is 15.8. The molecule has 1 aliphatic rings. The molecule has 2 N–H and O–H groups in total. The Balaban J connectivity index is 1.66. The second-order valence-electron chi connectivity index (χ2n) is 4.97. The Labute approximate surface area is 136 Å². The Kier molecular flexibility index (Phi) is 4.77. The van der Waals surface area contributed by atoms with Crippen LogP contribution < -0.4 is 5.84 Å². The molecular formula is C14H16FN5O2S. The Morgan fingerprint density at radius 1 is 1.35 bits per heavy atom. The number of carbonyl (C=O) groups is 1. The van der Waals surface area contributed by atoms with Crippen molar-refractivity contribution >= 4 is 17.7 Å². The molecule has 122 valence electrons. The third-order valence-corrected chi connectivity index (χ3v) is 4.36. The van der Waals surface area contributed by atoms with Gasteiger partial charge in [0.25, 0.3) is 0 Å². The standard InChI is InChI=1S/C14H16FN5O2S/c15-11-3-1-2-10(8-11)13-17-18-14(20(13)16)23-9-12(21)19-4-6-22-7-5-19/h1-3,8H,4-7,9,16H2. The predicted octanol–water partition coefficient (Wildman–Crippen LogP) is 0.749. The van der Waals surface area contributed by atoms with Crippen molar-refractivity contribution in [2.75, 3.05) is 37.9 Å². The number of ether oxygens (including phenoxy) is 1. The van der Waals surface area contributed by atoms with Gasteiger partial charge in [0.1, 0.15) is 5.82 Å². The maximum Gasteiger partial charge on any atom is 0.233 e. The summed E-state index contributed by atoms with van der Waals surface area (Å²) in [5.41, 5.74) is 0.534. The zero-order chi connectivity index (χ0) is 16.2. The summed E-state index contributed by atoms with van der Waals surface area (Å²) in [5.74, 6) is 6.16. The van der Waals surface area contributed by atoms with E-state index >= 15 is 0 Å². The third-order valence-electron chi connectivity index (χ3n) is 3.44. The molecule has 1 saturated heterocycles. The lowest BCUT2D eigenvalue weighted by Crippen LogP contribution is -2.41. The molecule has 3 rings (SSSR count). The molecule has 1 aromatic heterocycles. The predicted molar refractivity (Wildman–Crippen MR) is 83.7 cm³/mol. The highest BCUT2D eigenvalue weighted by Crippen LogP contribution is 2.22. The molecule has 0 radical (unpaired) electrons. The average molecular weight is 337 g/mol. The topological polar surface area (TPSA) is 86.3 Å². The Bertz CT molecular complexity index is 702. The monoisotopic (exact) mass is 337 g/mol. The molecule has 0 atom stereocenters.